The summed E-state index contributed by atoms with van der Waals surface area (Å²) in [5, 5.41) is 2.44. The molecule has 1 aromatic rings. The van der Waals surface area contributed by atoms with E-state index in [9.17, 15) is 0 Å². The number of hydrogen-bond donors (Lipinski definition) is 0. The van der Waals surface area contributed by atoms with Gasteiger partial charge in [-0.2, -0.15) is 0 Å². The van der Waals surface area contributed by atoms with E-state index in [1.807, 2.05) is 0 Å². The van der Waals surface area contributed by atoms with E-state index >= 15 is 0 Å². The van der Waals surface area contributed by atoms with Crippen LogP contribution in [0.25, 0.3) is 5.57 Å². The van der Waals surface area contributed by atoms with Crippen LogP contribution in [0.2, 0.25) is 0 Å². The Morgan fingerprint density at radius 2 is 2.00 bits per heavy atom. The monoisotopic (exact) mass is 229 g/mol. The van der Waals surface area contributed by atoms with Crippen molar-refractivity contribution < 1.29 is 9.47 Å². The Bertz CT molecular complexity index is 572. The van der Waals surface area contributed by atoms with Crippen molar-refractivity contribution in [2.24, 2.45) is 4.99 Å². The lowest BCUT2D eigenvalue weighted by atomic mass is 9.85. The van der Waals surface area contributed by atoms with Crippen LogP contribution in [0.3, 0.4) is 0 Å². The Kier molecular flexibility index (Phi) is 1.96. The van der Waals surface area contributed by atoms with Crippen molar-refractivity contribution in [3.8, 4) is 0 Å². The summed E-state index contributed by atoms with van der Waals surface area (Å²) in [5.41, 5.74) is 1.41. The molecule has 1 aliphatic carbocycles. The van der Waals surface area contributed by atoms with Crippen molar-refractivity contribution >= 4 is 5.57 Å². The van der Waals surface area contributed by atoms with Crippen LogP contribution >= 0.6 is 0 Å². The van der Waals surface area contributed by atoms with Gasteiger partial charge in [-0.3, -0.25) is 4.99 Å². The molecular weight excluding hydrogens is 214 g/mol. The number of nitrogens with zero attached hydrogens (tertiary/aromatic N) is 1. The Labute approximate surface area is 99.8 Å². The van der Waals surface area contributed by atoms with Gasteiger partial charge in [0.25, 0.3) is 0 Å². The first-order chi connectivity index (χ1) is 8.36. The lowest BCUT2D eigenvalue weighted by Gasteiger charge is -2.34. The fourth-order valence-electron chi connectivity index (χ4n) is 3.21. The summed E-state index contributed by atoms with van der Waals surface area (Å²) >= 11 is 0. The first-order valence-electron chi connectivity index (χ1n) is 6.30. The molecule has 0 amide bonds. The molecule has 17 heavy (non-hydrogen) atoms. The van der Waals surface area contributed by atoms with Crippen LogP contribution in [0.1, 0.15) is 19.3 Å². The Morgan fingerprint density at radius 3 is 2.88 bits per heavy atom. The quantitative estimate of drug-likeness (QED) is 0.658. The molecule has 4 rings (SSSR count). The van der Waals surface area contributed by atoms with E-state index in [0.29, 0.717) is 6.04 Å². The molecule has 0 radical (unpaired) electrons. The molecular formula is C14H15NO2. The van der Waals surface area contributed by atoms with Crippen molar-refractivity contribution in [1.29, 1.82) is 0 Å². The molecule has 2 heterocycles. The molecule has 0 N–H and O–H groups in total. The van der Waals surface area contributed by atoms with E-state index in [-0.39, 0.29) is 5.79 Å². The standard InChI is InChI=1S/C14H15NO2/c1-2-4-12-10(3-1)11-9-14(16-7-8-17-14)6-5-13(11)15-12/h1-4,13H,5-9H2/t13-/m0/s1. The van der Waals surface area contributed by atoms with Crippen molar-refractivity contribution in [3.05, 3.63) is 34.8 Å². The lowest BCUT2D eigenvalue weighted by molar-refractivity contribution is -0.163. The molecule has 88 valence electrons. The first-order valence-corrected chi connectivity index (χ1v) is 6.30. The molecule has 3 nitrogen and oxygen atoms in total. The van der Waals surface area contributed by atoms with Gasteiger partial charge < -0.3 is 9.47 Å². The van der Waals surface area contributed by atoms with Gasteiger partial charge in [-0.05, 0) is 18.1 Å². The predicted molar refractivity (Wildman–Crippen MR) is 62.9 cm³/mol. The summed E-state index contributed by atoms with van der Waals surface area (Å²) in [6.07, 6.45) is 2.90. The topological polar surface area (TPSA) is 30.8 Å². The van der Waals surface area contributed by atoms with Crippen LogP contribution in [0.15, 0.2) is 29.3 Å². The average Bonchev–Trinajstić information content (AvgIpc) is 2.95. The SMILES string of the molecule is c1ccc2c(c1)=N[C@H]1CCC3(CC=21)OCCO3. The number of fused-ring (bicyclic) bond motifs is 2. The molecule has 3 heteroatoms. The van der Waals surface area contributed by atoms with Crippen LogP contribution in [0.4, 0.5) is 0 Å². The molecule has 0 unspecified atom stereocenters. The minimum Gasteiger partial charge on any atom is -0.347 e. The lowest BCUT2D eigenvalue weighted by Crippen LogP contribution is -2.38. The molecule has 1 aromatic carbocycles. The molecule has 1 atom stereocenters. The van der Waals surface area contributed by atoms with E-state index in [1.165, 1.54) is 10.8 Å². The normalized spacial score (nSPS) is 28.9. The van der Waals surface area contributed by atoms with Crippen molar-refractivity contribution in [2.45, 2.75) is 31.1 Å². The van der Waals surface area contributed by atoms with Crippen LogP contribution in [0.5, 0.6) is 0 Å². The van der Waals surface area contributed by atoms with E-state index in [0.717, 1.165) is 37.8 Å². The zero-order valence-electron chi connectivity index (χ0n) is 9.69. The minimum atomic E-state index is -0.335. The van der Waals surface area contributed by atoms with Crippen molar-refractivity contribution in [2.75, 3.05) is 13.2 Å². The number of ether oxygens (including phenoxy) is 2. The number of rotatable bonds is 0. The Morgan fingerprint density at radius 1 is 1.18 bits per heavy atom. The van der Waals surface area contributed by atoms with Gasteiger partial charge in [0.1, 0.15) is 0 Å². The fraction of sp³-hybridized carbons (Fsp3) is 0.500. The molecule has 2 fully saturated rings. The van der Waals surface area contributed by atoms with Gasteiger partial charge in [0.15, 0.2) is 5.79 Å². The van der Waals surface area contributed by atoms with Crippen molar-refractivity contribution in [1.82, 2.24) is 0 Å². The van der Waals surface area contributed by atoms with Crippen LogP contribution in [-0.4, -0.2) is 25.0 Å². The van der Waals surface area contributed by atoms with Crippen LogP contribution < -0.4 is 10.6 Å². The molecule has 1 saturated heterocycles. The molecule has 2 aliphatic heterocycles. The van der Waals surface area contributed by atoms with Gasteiger partial charge in [0, 0.05) is 18.1 Å². The predicted octanol–water partition coefficient (Wildman–Crippen LogP) is 0.766. The molecule has 1 spiro atoms. The summed E-state index contributed by atoms with van der Waals surface area (Å²) in [7, 11) is 0. The first kappa shape index (κ1) is 9.80. The highest BCUT2D eigenvalue weighted by Gasteiger charge is 2.43. The maximum atomic E-state index is 5.82. The molecule has 0 aromatic heterocycles. The minimum absolute atomic E-state index is 0.335. The molecule has 3 aliphatic rings. The van der Waals surface area contributed by atoms with Gasteiger partial charge in [-0.1, -0.05) is 18.2 Å². The van der Waals surface area contributed by atoms with Crippen LogP contribution in [0, 0.1) is 0 Å². The number of hydrogen-bond acceptors (Lipinski definition) is 3. The highest BCUT2D eigenvalue weighted by atomic mass is 16.7. The van der Waals surface area contributed by atoms with Crippen LogP contribution in [-0.2, 0) is 9.47 Å². The third-order valence-electron chi connectivity index (χ3n) is 4.02. The third kappa shape index (κ3) is 1.39. The smallest absolute Gasteiger partial charge is 0.172 e. The Hall–Kier alpha value is -1.19. The summed E-state index contributed by atoms with van der Waals surface area (Å²) in [4.78, 5) is 4.78. The number of para-hydroxylation sites is 1. The molecule has 0 bridgehead atoms. The largest absolute Gasteiger partial charge is 0.347 e. The van der Waals surface area contributed by atoms with Gasteiger partial charge in [0.2, 0.25) is 0 Å². The maximum absolute atomic E-state index is 5.82. The van der Waals surface area contributed by atoms with Gasteiger partial charge >= 0.3 is 0 Å². The highest BCUT2D eigenvalue weighted by Crippen LogP contribution is 2.40. The summed E-state index contributed by atoms with van der Waals surface area (Å²) < 4.78 is 11.6. The van der Waals surface area contributed by atoms with E-state index in [4.69, 9.17) is 14.5 Å². The average molecular weight is 229 g/mol. The summed E-state index contributed by atoms with van der Waals surface area (Å²) in [6.45, 7) is 1.47. The number of benzene rings is 1. The fourth-order valence-corrected chi connectivity index (χ4v) is 3.21. The maximum Gasteiger partial charge on any atom is 0.172 e. The van der Waals surface area contributed by atoms with Gasteiger partial charge in [0.05, 0.1) is 24.6 Å². The second kappa shape index (κ2) is 3.40. The second-order valence-corrected chi connectivity index (χ2v) is 5.01. The van der Waals surface area contributed by atoms with Gasteiger partial charge in [-0.25, -0.2) is 0 Å². The van der Waals surface area contributed by atoms with E-state index in [2.05, 4.69) is 24.3 Å². The van der Waals surface area contributed by atoms with Gasteiger partial charge in [-0.15, -0.1) is 0 Å². The summed E-state index contributed by atoms with van der Waals surface area (Å²) in [5.74, 6) is -0.335. The van der Waals surface area contributed by atoms with E-state index in [1.54, 1.807) is 0 Å². The highest BCUT2D eigenvalue weighted by molar-refractivity contribution is 5.55. The van der Waals surface area contributed by atoms with Crippen molar-refractivity contribution in [3.63, 3.8) is 0 Å². The second-order valence-electron chi connectivity index (χ2n) is 5.01. The molecule has 1 saturated carbocycles. The third-order valence-corrected chi connectivity index (χ3v) is 4.02. The zero-order chi connectivity index (χ0) is 11.3. The zero-order valence-corrected chi connectivity index (χ0v) is 9.69. The summed E-state index contributed by atoms with van der Waals surface area (Å²) in [6, 6.07) is 8.78. The Balaban J connectivity index is 1.84. The van der Waals surface area contributed by atoms with E-state index < -0.39 is 0 Å².